The first-order valence-electron chi connectivity index (χ1n) is 6.40. The molecular weight excluding hydrogens is 311 g/mol. The molecule has 1 aliphatic heterocycles. The molecule has 0 spiro atoms. The number of piperidine rings is 1. The summed E-state index contributed by atoms with van der Waals surface area (Å²) in [5, 5.41) is 0. The molecule has 2 rings (SSSR count). The molecule has 1 amide bonds. The van der Waals surface area contributed by atoms with Crippen LogP contribution in [-0.2, 0) is 0 Å². The van der Waals surface area contributed by atoms with Gasteiger partial charge in [-0.3, -0.25) is 4.79 Å². The van der Waals surface area contributed by atoms with Gasteiger partial charge in [-0.25, -0.2) is 4.39 Å². The molecule has 1 aromatic carbocycles. The number of amides is 1. The lowest BCUT2D eigenvalue weighted by molar-refractivity contribution is 0.0662. The van der Waals surface area contributed by atoms with E-state index in [1.807, 2.05) is 4.90 Å². The van der Waals surface area contributed by atoms with Crippen molar-refractivity contribution in [1.82, 2.24) is 9.80 Å². The third-order valence-electron chi connectivity index (χ3n) is 3.64. The van der Waals surface area contributed by atoms with Gasteiger partial charge >= 0.3 is 0 Å². The summed E-state index contributed by atoms with van der Waals surface area (Å²) in [6.07, 6.45) is 1.97. The molecule has 0 atom stereocenters. The standard InChI is InChI=1S/C14H18BrFN2O/c1-17(2)11-5-7-18(8-6-11)14(19)12-4-3-10(16)9-13(12)15/h3-4,9,11H,5-8H2,1-2H3. The third-order valence-corrected chi connectivity index (χ3v) is 4.30. The topological polar surface area (TPSA) is 23.6 Å². The summed E-state index contributed by atoms with van der Waals surface area (Å²) in [4.78, 5) is 16.4. The Morgan fingerprint density at radius 3 is 2.53 bits per heavy atom. The fourth-order valence-electron chi connectivity index (χ4n) is 2.42. The first-order chi connectivity index (χ1) is 8.99. The Balaban J connectivity index is 2.05. The molecule has 1 fully saturated rings. The predicted molar refractivity (Wildman–Crippen MR) is 76.7 cm³/mol. The van der Waals surface area contributed by atoms with Crippen molar-refractivity contribution < 1.29 is 9.18 Å². The number of carbonyl (C=O) groups excluding carboxylic acids is 1. The number of hydrogen-bond donors (Lipinski definition) is 0. The number of nitrogens with zero attached hydrogens (tertiary/aromatic N) is 2. The van der Waals surface area contributed by atoms with Gasteiger partial charge in [-0.05, 0) is 61.1 Å². The Kier molecular flexibility index (Phi) is 4.58. The van der Waals surface area contributed by atoms with E-state index in [9.17, 15) is 9.18 Å². The monoisotopic (exact) mass is 328 g/mol. The maximum atomic E-state index is 13.0. The molecule has 0 radical (unpaired) electrons. The summed E-state index contributed by atoms with van der Waals surface area (Å²) >= 11 is 3.25. The Bertz CT molecular complexity index is 471. The van der Waals surface area contributed by atoms with E-state index < -0.39 is 0 Å². The number of carbonyl (C=O) groups is 1. The van der Waals surface area contributed by atoms with Crippen molar-refractivity contribution in [1.29, 1.82) is 0 Å². The van der Waals surface area contributed by atoms with Gasteiger partial charge in [-0.1, -0.05) is 0 Å². The highest BCUT2D eigenvalue weighted by Gasteiger charge is 2.25. The van der Waals surface area contributed by atoms with Crippen molar-refractivity contribution in [3.63, 3.8) is 0 Å². The molecule has 1 aromatic rings. The van der Waals surface area contributed by atoms with E-state index in [4.69, 9.17) is 0 Å². The molecule has 1 aliphatic rings. The van der Waals surface area contributed by atoms with Gasteiger partial charge in [0.1, 0.15) is 5.82 Å². The number of halogens is 2. The van der Waals surface area contributed by atoms with Gasteiger partial charge in [0.05, 0.1) is 5.56 Å². The fourth-order valence-corrected chi connectivity index (χ4v) is 2.94. The molecule has 0 aliphatic carbocycles. The van der Waals surface area contributed by atoms with Crippen molar-refractivity contribution in [2.75, 3.05) is 27.2 Å². The minimum absolute atomic E-state index is 0.0240. The molecule has 0 unspecified atom stereocenters. The van der Waals surface area contributed by atoms with Gasteiger partial charge in [0, 0.05) is 23.6 Å². The summed E-state index contributed by atoms with van der Waals surface area (Å²) < 4.78 is 13.6. The first-order valence-corrected chi connectivity index (χ1v) is 7.19. The molecule has 104 valence electrons. The van der Waals surface area contributed by atoms with Gasteiger partial charge in [0.2, 0.25) is 0 Å². The number of likely N-dealkylation sites (tertiary alicyclic amines) is 1. The Morgan fingerprint density at radius 2 is 2.00 bits per heavy atom. The Morgan fingerprint density at radius 1 is 1.37 bits per heavy atom. The molecule has 19 heavy (non-hydrogen) atoms. The molecule has 0 aromatic heterocycles. The van der Waals surface area contributed by atoms with Crippen LogP contribution in [0.2, 0.25) is 0 Å². The van der Waals surface area contributed by atoms with Gasteiger partial charge < -0.3 is 9.80 Å². The van der Waals surface area contributed by atoms with Crippen LogP contribution < -0.4 is 0 Å². The van der Waals surface area contributed by atoms with Crippen LogP contribution in [0.15, 0.2) is 22.7 Å². The zero-order valence-electron chi connectivity index (χ0n) is 11.2. The van der Waals surface area contributed by atoms with E-state index in [2.05, 4.69) is 34.9 Å². The smallest absolute Gasteiger partial charge is 0.255 e. The molecule has 1 saturated heterocycles. The molecule has 0 N–H and O–H groups in total. The second-order valence-corrected chi connectivity index (χ2v) is 5.97. The van der Waals surface area contributed by atoms with Crippen molar-refractivity contribution in [2.45, 2.75) is 18.9 Å². The lowest BCUT2D eigenvalue weighted by Gasteiger charge is -2.35. The summed E-state index contributed by atoms with van der Waals surface area (Å²) in [7, 11) is 4.14. The van der Waals surface area contributed by atoms with Crippen molar-refractivity contribution in [3.05, 3.63) is 34.1 Å². The van der Waals surface area contributed by atoms with Crippen molar-refractivity contribution >= 4 is 21.8 Å². The maximum Gasteiger partial charge on any atom is 0.255 e. The van der Waals surface area contributed by atoms with Crippen LogP contribution in [0.5, 0.6) is 0 Å². The summed E-state index contributed by atoms with van der Waals surface area (Å²) in [6, 6.07) is 4.74. The quantitative estimate of drug-likeness (QED) is 0.833. The first kappa shape index (κ1) is 14.5. The minimum Gasteiger partial charge on any atom is -0.338 e. The van der Waals surface area contributed by atoms with Gasteiger partial charge in [0.15, 0.2) is 0 Å². The van der Waals surface area contributed by atoms with Crippen LogP contribution in [0.4, 0.5) is 4.39 Å². The fraction of sp³-hybridized carbons (Fsp3) is 0.500. The molecule has 3 nitrogen and oxygen atoms in total. The molecular formula is C14H18BrFN2O. The average molecular weight is 329 g/mol. The van der Waals surface area contributed by atoms with E-state index in [0.717, 1.165) is 25.9 Å². The second kappa shape index (κ2) is 6.01. The summed E-state index contributed by atoms with van der Waals surface area (Å²) in [5.74, 6) is -0.362. The van der Waals surface area contributed by atoms with Crippen molar-refractivity contribution in [2.24, 2.45) is 0 Å². The lowest BCUT2D eigenvalue weighted by Crippen LogP contribution is -2.44. The lowest BCUT2D eigenvalue weighted by atomic mass is 10.0. The summed E-state index contributed by atoms with van der Waals surface area (Å²) in [5.41, 5.74) is 0.532. The zero-order valence-corrected chi connectivity index (χ0v) is 12.8. The van der Waals surface area contributed by atoms with Gasteiger partial charge in [0.25, 0.3) is 5.91 Å². The van der Waals surface area contributed by atoms with E-state index >= 15 is 0 Å². The van der Waals surface area contributed by atoms with Gasteiger partial charge in [-0.2, -0.15) is 0 Å². The van der Waals surface area contributed by atoms with Crippen LogP contribution >= 0.6 is 15.9 Å². The van der Waals surface area contributed by atoms with Gasteiger partial charge in [-0.15, -0.1) is 0 Å². The van der Waals surface area contributed by atoms with E-state index in [1.54, 1.807) is 6.07 Å². The largest absolute Gasteiger partial charge is 0.338 e. The minimum atomic E-state index is -0.338. The molecule has 5 heteroatoms. The highest BCUT2D eigenvalue weighted by atomic mass is 79.9. The van der Waals surface area contributed by atoms with Crippen LogP contribution in [-0.4, -0.2) is 48.9 Å². The zero-order chi connectivity index (χ0) is 14.0. The third kappa shape index (κ3) is 3.34. The molecule has 0 saturated carbocycles. The Hall–Kier alpha value is -0.940. The highest BCUT2D eigenvalue weighted by molar-refractivity contribution is 9.10. The van der Waals surface area contributed by atoms with E-state index in [-0.39, 0.29) is 11.7 Å². The summed E-state index contributed by atoms with van der Waals surface area (Å²) in [6.45, 7) is 1.51. The normalized spacial score (nSPS) is 17.0. The SMILES string of the molecule is CN(C)C1CCN(C(=O)c2ccc(F)cc2Br)CC1. The van der Waals surface area contributed by atoms with Crippen LogP contribution in [0.1, 0.15) is 23.2 Å². The number of hydrogen-bond acceptors (Lipinski definition) is 2. The van der Waals surface area contributed by atoms with Crippen molar-refractivity contribution in [3.8, 4) is 0 Å². The van der Waals surface area contributed by atoms with Crippen LogP contribution in [0, 0.1) is 5.82 Å². The predicted octanol–water partition coefficient (Wildman–Crippen LogP) is 2.75. The van der Waals surface area contributed by atoms with Crippen LogP contribution in [0.25, 0.3) is 0 Å². The highest BCUT2D eigenvalue weighted by Crippen LogP contribution is 2.22. The van der Waals surface area contributed by atoms with E-state index in [1.165, 1.54) is 12.1 Å². The maximum absolute atomic E-state index is 13.0. The Labute approximate surface area is 121 Å². The molecule has 1 heterocycles. The average Bonchev–Trinajstić information content (AvgIpc) is 2.38. The second-order valence-electron chi connectivity index (χ2n) is 5.11. The molecule has 0 bridgehead atoms. The number of benzene rings is 1. The van der Waals surface area contributed by atoms with Crippen LogP contribution in [0.3, 0.4) is 0 Å². The van der Waals surface area contributed by atoms with E-state index in [0.29, 0.717) is 16.1 Å². The number of rotatable bonds is 2.